The van der Waals surface area contributed by atoms with Crippen molar-refractivity contribution in [1.82, 2.24) is 10.4 Å². The van der Waals surface area contributed by atoms with Crippen LogP contribution in [0.5, 0.6) is 0 Å². The van der Waals surface area contributed by atoms with Crippen LogP contribution in [0.15, 0.2) is 54.7 Å². The van der Waals surface area contributed by atoms with E-state index < -0.39 is 12.7 Å². The van der Waals surface area contributed by atoms with Gasteiger partial charge in [0.2, 0.25) is 0 Å². The number of pyridine rings is 1. The lowest BCUT2D eigenvalue weighted by Crippen LogP contribution is -2.41. The van der Waals surface area contributed by atoms with E-state index in [0.717, 1.165) is 23.0 Å². The van der Waals surface area contributed by atoms with Crippen LogP contribution in [0.3, 0.4) is 0 Å². The molecule has 5 nitrogen and oxygen atoms in total. The first-order valence-corrected chi connectivity index (χ1v) is 15.1. The van der Waals surface area contributed by atoms with Crippen molar-refractivity contribution in [3.05, 3.63) is 71.6 Å². The molecule has 0 saturated heterocycles. The highest BCUT2D eigenvalue weighted by molar-refractivity contribution is 7.15. The number of nitrogens with one attached hydrogen (secondary N) is 1. The second kappa shape index (κ2) is 20.4. The molecule has 3 rings (SSSR count). The van der Waals surface area contributed by atoms with Crippen LogP contribution in [0.4, 0.5) is 18.9 Å². The van der Waals surface area contributed by atoms with E-state index in [1.807, 2.05) is 64.1 Å². The Kier molecular flexibility index (Phi) is 19.2. The number of benzene rings is 1. The normalized spacial score (nSPS) is 15.7. The Hall–Kier alpha value is -2.46. The topological polar surface area (TPSA) is 72.2 Å². The molecule has 2 N–H and O–H groups in total. The minimum Gasteiger partial charge on any atom is -0.273 e. The predicted molar refractivity (Wildman–Crippen MR) is 163 cm³/mol. The summed E-state index contributed by atoms with van der Waals surface area (Å²) in [4.78, 5) is 4.22. The second-order valence-corrected chi connectivity index (χ2v) is 9.65. The molecule has 0 fully saturated rings. The summed E-state index contributed by atoms with van der Waals surface area (Å²) in [7, 11) is 2.42. The van der Waals surface area contributed by atoms with Crippen LogP contribution < -0.4 is 10.6 Å². The summed E-state index contributed by atoms with van der Waals surface area (Å²) < 4.78 is 36.5. The molecule has 40 heavy (non-hydrogen) atoms. The number of allylic oxidation sites excluding steroid dienone is 2. The Morgan fingerprint density at radius 3 is 2.25 bits per heavy atom. The average molecular weight is 581 g/mol. The van der Waals surface area contributed by atoms with Crippen molar-refractivity contribution < 1.29 is 18.4 Å². The molecule has 1 heterocycles. The van der Waals surface area contributed by atoms with Gasteiger partial charge in [0.05, 0.1) is 18.2 Å². The first kappa shape index (κ1) is 37.5. The highest BCUT2D eigenvalue weighted by Crippen LogP contribution is 2.30. The highest BCUT2D eigenvalue weighted by atomic mass is 31.0. The van der Waals surface area contributed by atoms with Crippen LogP contribution in [-0.4, -0.2) is 29.6 Å². The van der Waals surface area contributed by atoms with Crippen molar-refractivity contribution in [3.63, 3.8) is 0 Å². The summed E-state index contributed by atoms with van der Waals surface area (Å²) in [6.45, 7) is 13.1. The van der Waals surface area contributed by atoms with Gasteiger partial charge in [-0.1, -0.05) is 77.7 Å². The minimum atomic E-state index is -4.44. The highest BCUT2D eigenvalue weighted by Gasteiger charge is 2.28. The number of anilines is 1. The van der Waals surface area contributed by atoms with Crippen molar-refractivity contribution in [3.8, 4) is 6.07 Å². The fourth-order valence-corrected chi connectivity index (χ4v) is 4.17. The first-order valence-electron chi connectivity index (χ1n) is 14.0. The Morgan fingerprint density at radius 2 is 1.80 bits per heavy atom. The lowest BCUT2D eigenvalue weighted by atomic mass is 9.87. The van der Waals surface area contributed by atoms with E-state index in [0.29, 0.717) is 17.3 Å². The van der Waals surface area contributed by atoms with Gasteiger partial charge in [-0.05, 0) is 73.6 Å². The molecular weight excluding hydrogens is 532 g/mol. The summed E-state index contributed by atoms with van der Waals surface area (Å²) in [5, 5.41) is 19.4. The molecule has 0 amide bonds. The molecule has 224 valence electrons. The van der Waals surface area contributed by atoms with Crippen molar-refractivity contribution in [2.24, 2.45) is 11.8 Å². The van der Waals surface area contributed by atoms with Gasteiger partial charge in [0.15, 0.2) is 0 Å². The van der Waals surface area contributed by atoms with E-state index in [2.05, 4.69) is 46.3 Å². The van der Waals surface area contributed by atoms with E-state index >= 15 is 0 Å². The third-order valence-electron chi connectivity index (χ3n) is 6.41. The third kappa shape index (κ3) is 14.3. The Balaban J connectivity index is 0.000000974. The lowest BCUT2D eigenvalue weighted by molar-refractivity contribution is -0.128. The van der Waals surface area contributed by atoms with Gasteiger partial charge in [0.25, 0.3) is 0 Å². The minimum absolute atomic E-state index is 0.0430. The van der Waals surface area contributed by atoms with Crippen molar-refractivity contribution in [1.29, 1.82) is 5.26 Å². The molecule has 1 aliphatic rings. The molecule has 0 spiro atoms. The Bertz CT molecular complexity index is 1010. The molecule has 0 bridgehead atoms. The zero-order valence-corrected chi connectivity index (χ0v) is 26.2. The molecule has 4 unspecified atom stereocenters. The number of hydrogen-bond acceptors (Lipinski definition) is 5. The summed E-state index contributed by atoms with van der Waals surface area (Å²) in [5.41, 5.74) is 4.64. The number of nitriles is 1. The number of hydrazine groups is 1. The van der Waals surface area contributed by atoms with Gasteiger partial charge in [0.1, 0.15) is 12.2 Å². The maximum atomic E-state index is 12.2. The fraction of sp³-hybridized carbons (Fsp3) is 0.548. The molecule has 1 aliphatic carbocycles. The molecule has 2 aromatic rings. The Labute approximate surface area is 242 Å². The zero-order valence-electron chi connectivity index (χ0n) is 25.0. The number of rotatable bonds is 8. The van der Waals surface area contributed by atoms with Crippen LogP contribution in [0.25, 0.3) is 0 Å². The van der Waals surface area contributed by atoms with Crippen molar-refractivity contribution in [2.45, 2.75) is 85.2 Å². The average Bonchev–Trinajstić information content (AvgIpc) is 2.97. The monoisotopic (exact) mass is 580 g/mol. The number of aryl methyl sites for hydroxylation is 1. The van der Waals surface area contributed by atoms with Gasteiger partial charge in [-0.15, -0.1) is 9.24 Å². The van der Waals surface area contributed by atoms with Gasteiger partial charge in [-0.2, -0.15) is 23.6 Å². The molecule has 9 heteroatoms. The van der Waals surface area contributed by atoms with E-state index in [1.54, 1.807) is 6.07 Å². The molecule has 1 aromatic carbocycles. The second-order valence-electron chi connectivity index (χ2n) is 9.65. The van der Waals surface area contributed by atoms with Gasteiger partial charge in [-0.25, -0.2) is 5.43 Å². The maximum absolute atomic E-state index is 12.2. The first-order chi connectivity index (χ1) is 19.0. The summed E-state index contributed by atoms with van der Waals surface area (Å²) in [6.07, 6.45) is 6.23. The van der Waals surface area contributed by atoms with Crippen LogP contribution in [0.1, 0.15) is 89.0 Å². The number of nitrogens with zero attached hydrogens (tertiary/aromatic N) is 3. The van der Waals surface area contributed by atoms with Crippen molar-refractivity contribution in [2.75, 3.05) is 18.4 Å². The largest absolute Gasteiger partial charge is 0.402 e. The Morgan fingerprint density at radius 1 is 1.15 bits per heavy atom. The molecule has 0 aliphatic heterocycles. The van der Waals surface area contributed by atoms with Gasteiger partial charge in [-0.3, -0.25) is 10.2 Å². The van der Waals surface area contributed by atoms with Crippen LogP contribution in [0, 0.1) is 30.1 Å². The van der Waals surface area contributed by atoms with Gasteiger partial charge < -0.3 is 0 Å². The SMILES string of the molecule is CC.CC(C)C1C=CCCC1.CP.Cc1ccccc1C(C#N)CC(C)c1ccc(N(O)NCC(F)(F)F)cn1. The van der Waals surface area contributed by atoms with E-state index in [-0.39, 0.29) is 17.5 Å². The number of aromatic nitrogens is 1. The molecule has 1 aromatic heterocycles. The van der Waals surface area contributed by atoms with E-state index in [1.165, 1.54) is 31.5 Å². The summed E-state index contributed by atoms with van der Waals surface area (Å²) >= 11 is 0. The van der Waals surface area contributed by atoms with E-state index in [4.69, 9.17) is 0 Å². The molecule has 4 atom stereocenters. The van der Waals surface area contributed by atoms with Crippen LogP contribution in [0.2, 0.25) is 0 Å². The number of alkyl halides is 3. The van der Waals surface area contributed by atoms with Crippen molar-refractivity contribution >= 4 is 14.9 Å². The maximum Gasteiger partial charge on any atom is 0.402 e. The fourth-order valence-electron chi connectivity index (χ4n) is 4.17. The van der Waals surface area contributed by atoms with E-state index in [9.17, 15) is 23.6 Å². The zero-order chi connectivity index (χ0) is 30.7. The smallest absolute Gasteiger partial charge is 0.273 e. The molecule has 0 saturated carbocycles. The summed E-state index contributed by atoms with van der Waals surface area (Å²) in [6, 6.07) is 13.1. The third-order valence-corrected chi connectivity index (χ3v) is 6.41. The van der Waals surface area contributed by atoms with Crippen LogP contribution in [-0.2, 0) is 0 Å². The van der Waals surface area contributed by atoms with Gasteiger partial charge >= 0.3 is 6.18 Å². The quantitative estimate of drug-likeness (QED) is 0.185. The lowest BCUT2D eigenvalue weighted by Gasteiger charge is -2.20. The summed E-state index contributed by atoms with van der Waals surface area (Å²) in [5.74, 6) is 1.39. The number of halogens is 3. The standard InChI is InChI=1S/C19H21F3N4O.C9H16.C2H6.CH5P/c1-13-5-3-4-6-17(13)15(10-23)9-14(2)18-8-7-16(11-24-18)26(27)25-12-19(20,21)22;1-8(2)9-6-4-3-5-7-9;2*1-2/h3-8,11,14-15,25,27H,9,12H2,1-2H3;4,6,8-9H,3,5,7H2,1-2H3;1-2H3;2H2,1H3. The molecule has 0 radical (unpaired) electrons. The van der Waals surface area contributed by atoms with Gasteiger partial charge in [0, 0.05) is 5.69 Å². The number of hydrogen-bond donors (Lipinski definition) is 2. The molecular formula is C31H48F3N4OP. The predicted octanol–water partition coefficient (Wildman–Crippen LogP) is 8.97. The van der Waals surface area contributed by atoms with Crippen LogP contribution >= 0.6 is 9.24 Å².